The molecule has 0 atom stereocenters. The van der Waals surface area contributed by atoms with Crippen LogP contribution >= 0.6 is 11.8 Å². The van der Waals surface area contributed by atoms with Crippen LogP contribution in [-0.2, 0) is 9.53 Å². The largest absolute Gasteiger partial charge is 0.481 e. The number of hydrogen-bond acceptors (Lipinski definition) is 4. The second-order valence-corrected chi connectivity index (χ2v) is 8.75. The lowest BCUT2D eigenvalue weighted by Crippen LogP contribution is -2.46. The molecule has 0 spiro atoms. The lowest BCUT2D eigenvalue weighted by molar-refractivity contribution is -0.154. The quantitative estimate of drug-likeness (QED) is 0.792. The number of aryl methyl sites for hydroxylation is 1. The number of nitrogens with one attached hydrogen (secondary N) is 1. The van der Waals surface area contributed by atoms with Crippen molar-refractivity contribution in [3.8, 4) is 0 Å². The van der Waals surface area contributed by atoms with Gasteiger partial charge < -0.3 is 15.2 Å². The van der Waals surface area contributed by atoms with Crippen molar-refractivity contribution in [2.45, 2.75) is 55.6 Å². The summed E-state index contributed by atoms with van der Waals surface area (Å²) in [4.78, 5) is 25.6. The summed E-state index contributed by atoms with van der Waals surface area (Å²) < 4.78 is 5.30. The van der Waals surface area contributed by atoms with Gasteiger partial charge in [-0.25, -0.2) is 0 Å². The third-order valence-corrected chi connectivity index (χ3v) is 6.88. The van der Waals surface area contributed by atoms with Crippen LogP contribution in [0.1, 0.15) is 54.4 Å². The Morgan fingerprint density at radius 3 is 2.62 bits per heavy atom. The Labute approximate surface area is 158 Å². The number of aliphatic carboxylic acids is 1. The number of thioether (sulfide) groups is 1. The highest BCUT2D eigenvalue weighted by molar-refractivity contribution is 8.00. The van der Waals surface area contributed by atoms with Crippen LogP contribution in [0.5, 0.6) is 0 Å². The molecule has 1 aliphatic carbocycles. The van der Waals surface area contributed by atoms with E-state index in [9.17, 15) is 14.7 Å². The average molecular weight is 378 g/mol. The molecule has 0 bridgehead atoms. The Morgan fingerprint density at radius 2 is 1.96 bits per heavy atom. The SMILES string of the molecule is Cc1ccc(SC2CCCC2)c(C(=O)NCC2(C(=O)O)CCOCC2)c1. The molecule has 0 unspecified atom stereocenters. The molecule has 5 nitrogen and oxygen atoms in total. The number of carboxylic acids is 1. The molecule has 3 rings (SSSR count). The highest BCUT2D eigenvalue weighted by atomic mass is 32.2. The van der Waals surface area contributed by atoms with Crippen LogP contribution < -0.4 is 5.32 Å². The van der Waals surface area contributed by atoms with E-state index in [1.54, 1.807) is 11.8 Å². The summed E-state index contributed by atoms with van der Waals surface area (Å²) in [6.07, 6.45) is 5.77. The fraction of sp³-hybridized carbons (Fsp3) is 0.600. The maximum Gasteiger partial charge on any atom is 0.311 e. The van der Waals surface area contributed by atoms with Gasteiger partial charge in [-0.3, -0.25) is 9.59 Å². The highest BCUT2D eigenvalue weighted by Gasteiger charge is 2.40. The smallest absolute Gasteiger partial charge is 0.311 e. The first-order valence-corrected chi connectivity index (χ1v) is 10.2. The van der Waals surface area contributed by atoms with Crippen LogP contribution in [0.25, 0.3) is 0 Å². The Balaban J connectivity index is 1.72. The van der Waals surface area contributed by atoms with E-state index < -0.39 is 11.4 Å². The van der Waals surface area contributed by atoms with Crippen molar-refractivity contribution in [3.05, 3.63) is 29.3 Å². The van der Waals surface area contributed by atoms with Crippen LogP contribution in [0.4, 0.5) is 0 Å². The summed E-state index contributed by atoms with van der Waals surface area (Å²) >= 11 is 1.78. The molecule has 0 radical (unpaired) electrons. The topological polar surface area (TPSA) is 75.6 Å². The minimum Gasteiger partial charge on any atom is -0.481 e. The standard InChI is InChI=1S/C20H27NO4S/c1-14-6-7-17(26-15-4-2-3-5-15)16(12-14)18(22)21-13-20(19(23)24)8-10-25-11-9-20/h6-7,12,15H,2-5,8-11,13H2,1H3,(H,21,22)(H,23,24). The number of rotatable bonds is 6. The molecule has 1 amide bonds. The van der Waals surface area contributed by atoms with Crippen molar-refractivity contribution in [1.82, 2.24) is 5.32 Å². The maximum atomic E-state index is 12.9. The average Bonchev–Trinajstić information content (AvgIpc) is 3.15. The highest BCUT2D eigenvalue weighted by Crippen LogP contribution is 2.37. The Morgan fingerprint density at radius 1 is 1.27 bits per heavy atom. The predicted molar refractivity (Wildman–Crippen MR) is 102 cm³/mol. The molecule has 1 saturated heterocycles. The third kappa shape index (κ3) is 4.41. The van der Waals surface area contributed by atoms with Crippen molar-refractivity contribution < 1.29 is 19.4 Å². The normalized spacial score (nSPS) is 20.0. The summed E-state index contributed by atoms with van der Waals surface area (Å²) in [6.45, 7) is 2.97. The predicted octanol–water partition coefficient (Wildman–Crippen LogP) is 3.64. The van der Waals surface area contributed by atoms with Crippen LogP contribution in [0.3, 0.4) is 0 Å². The van der Waals surface area contributed by atoms with E-state index in [1.165, 1.54) is 25.7 Å². The Hall–Kier alpha value is -1.53. The van der Waals surface area contributed by atoms with Crippen LogP contribution in [0, 0.1) is 12.3 Å². The van der Waals surface area contributed by atoms with Gasteiger partial charge in [0.25, 0.3) is 5.91 Å². The fourth-order valence-electron chi connectivity index (χ4n) is 3.68. The number of carbonyl (C=O) groups excluding carboxylic acids is 1. The summed E-state index contributed by atoms with van der Waals surface area (Å²) in [5.74, 6) is -1.03. The van der Waals surface area contributed by atoms with E-state index in [4.69, 9.17) is 4.74 Å². The zero-order valence-corrected chi connectivity index (χ0v) is 16.1. The fourth-order valence-corrected chi connectivity index (χ4v) is 5.04. The maximum absolute atomic E-state index is 12.9. The van der Waals surface area contributed by atoms with Gasteiger partial charge in [-0.15, -0.1) is 11.8 Å². The molecule has 6 heteroatoms. The molecular formula is C20H27NO4S. The zero-order valence-electron chi connectivity index (χ0n) is 15.3. The van der Waals surface area contributed by atoms with Crippen molar-refractivity contribution >= 4 is 23.6 Å². The van der Waals surface area contributed by atoms with Gasteiger partial charge in [0.1, 0.15) is 0 Å². The number of benzene rings is 1. The number of carboxylic acid groups (broad SMARTS) is 1. The summed E-state index contributed by atoms with van der Waals surface area (Å²) in [5.41, 5.74) is 0.774. The molecule has 142 valence electrons. The number of amides is 1. The molecule has 2 N–H and O–H groups in total. The molecule has 1 aliphatic heterocycles. The van der Waals surface area contributed by atoms with Gasteiger partial charge in [0.05, 0.1) is 11.0 Å². The second kappa shape index (κ2) is 8.44. The minimum atomic E-state index is -0.920. The van der Waals surface area contributed by atoms with E-state index in [-0.39, 0.29) is 12.5 Å². The Kier molecular flexibility index (Phi) is 6.24. The first-order valence-electron chi connectivity index (χ1n) is 9.37. The van der Waals surface area contributed by atoms with Gasteiger partial charge in [-0.1, -0.05) is 24.5 Å². The molecular weight excluding hydrogens is 350 g/mol. The number of carbonyl (C=O) groups is 2. The van der Waals surface area contributed by atoms with Gasteiger partial charge in [-0.2, -0.15) is 0 Å². The van der Waals surface area contributed by atoms with Gasteiger partial charge in [0.15, 0.2) is 0 Å². The first-order chi connectivity index (χ1) is 12.5. The van der Waals surface area contributed by atoms with Crippen molar-refractivity contribution in [3.63, 3.8) is 0 Å². The monoisotopic (exact) mass is 377 g/mol. The Bertz CT molecular complexity index is 664. The molecule has 1 saturated carbocycles. The minimum absolute atomic E-state index is 0.145. The van der Waals surface area contributed by atoms with Crippen molar-refractivity contribution in [1.29, 1.82) is 0 Å². The first kappa shape index (κ1) is 19.2. The van der Waals surface area contributed by atoms with Crippen molar-refractivity contribution in [2.75, 3.05) is 19.8 Å². The van der Waals surface area contributed by atoms with E-state index >= 15 is 0 Å². The molecule has 1 heterocycles. The van der Waals surface area contributed by atoms with Gasteiger partial charge >= 0.3 is 5.97 Å². The van der Waals surface area contributed by atoms with Crippen molar-refractivity contribution in [2.24, 2.45) is 5.41 Å². The third-order valence-electron chi connectivity index (χ3n) is 5.47. The molecule has 2 aliphatic rings. The second-order valence-electron chi connectivity index (χ2n) is 7.40. The number of ether oxygens (including phenoxy) is 1. The molecule has 0 aromatic heterocycles. The van der Waals surface area contributed by atoms with Gasteiger partial charge in [-0.05, 0) is 44.7 Å². The van der Waals surface area contributed by atoms with Crippen LogP contribution in [0.2, 0.25) is 0 Å². The lowest BCUT2D eigenvalue weighted by Gasteiger charge is -2.33. The summed E-state index contributed by atoms with van der Waals surface area (Å²) in [5, 5.41) is 13.1. The van der Waals surface area contributed by atoms with E-state index in [0.29, 0.717) is 36.9 Å². The van der Waals surface area contributed by atoms with E-state index in [1.807, 2.05) is 25.1 Å². The number of hydrogen-bond donors (Lipinski definition) is 2. The molecule has 1 aromatic carbocycles. The zero-order chi connectivity index (χ0) is 18.6. The molecule has 1 aromatic rings. The molecule has 26 heavy (non-hydrogen) atoms. The summed E-state index contributed by atoms with van der Waals surface area (Å²) in [7, 11) is 0. The lowest BCUT2D eigenvalue weighted by atomic mass is 9.80. The van der Waals surface area contributed by atoms with Crippen LogP contribution in [-0.4, -0.2) is 42.0 Å². The van der Waals surface area contributed by atoms with Gasteiger partial charge in [0.2, 0.25) is 0 Å². The van der Waals surface area contributed by atoms with Gasteiger partial charge in [0, 0.05) is 29.9 Å². The van der Waals surface area contributed by atoms with E-state index in [2.05, 4.69) is 5.32 Å². The van der Waals surface area contributed by atoms with E-state index in [0.717, 1.165) is 10.5 Å². The summed E-state index contributed by atoms with van der Waals surface area (Å²) in [6, 6.07) is 5.96. The molecule has 2 fully saturated rings. The van der Waals surface area contributed by atoms with Crippen LogP contribution in [0.15, 0.2) is 23.1 Å².